The van der Waals surface area contributed by atoms with Gasteiger partial charge in [-0.2, -0.15) is 5.10 Å². The minimum absolute atomic E-state index is 0.0000648. The van der Waals surface area contributed by atoms with Crippen molar-refractivity contribution in [3.05, 3.63) is 75.7 Å². The fourth-order valence-electron chi connectivity index (χ4n) is 3.02. The van der Waals surface area contributed by atoms with Crippen molar-refractivity contribution in [1.82, 2.24) is 24.3 Å². The van der Waals surface area contributed by atoms with Crippen LogP contribution in [0.1, 0.15) is 29.1 Å². The van der Waals surface area contributed by atoms with Gasteiger partial charge in [0.15, 0.2) is 0 Å². The number of hydrogen-bond acceptors (Lipinski definition) is 5. The van der Waals surface area contributed by atoms with Crippen LogP contribution in [0.4, 0.5) is 0 Å². The molecule has 4 aromatic rings. The summed E-state index contributed by atoms with van der Waals surface area (Å²) in [7, 11) is 1.85. The Bertz CT molecular complexity index is 1100. The molecule has 1 unspecified atom stereocenters. The van der Waals surface area contributed by atoms with E-state index in [1.54, 1.807) is 26.9 Å². The molecule has 0 amide bonds. The summed E-state index contributed by atoms with van der Waals surface area (Å²) in [6, 6.07) is 12.3. The molecule has 7 heteroatoms. The smallest absolute Gasteiger partial charge is 0.262 e. The maximum absolute atomic E-state index is 12.8. The van der Waals surface area contributed by atoms with Gasteiger partial charge in [-0.15, -0.1) is 11.3 Å². The van der Waals surface area contributed by atoms with Gasteiger partial charge in [-0.05, 0) is 11.6 Å². The minimum atomic E-state index is -0.0000648. The third kappa shape index (κ3) is 3.06. The number of nitrogens with zero attached hydrogens (tertiary/aromatic N) is 5. The van der Waals surface area contributed by atoms with Crippen LogP contribution in [-0.2, 0) is 20.0 Å². The number of thiophene rings is 1. The summed E-state index contributed by atoms with van der Waals surface area (Å²) in [6.07, 6.45) is 3.80. The Balaban J connectivity index is 1.63. The van der Waals surface area contributed by atoms with Crippen LogP contribution in [-0.4, -0.2) is 24.3 Å². The highest BCUT2D eigenvalue weighted by molar-refractivity contribution is 7.18. The first-order valence-electron chi connectivity index (χ1n) is 8.50. The summed E-state index contributed by atoms with van der Waals surface area (Å²) in [6.45, 7) is 2.69. The van der Waals surface area contributed by atoms with Gasteiger partial charge in [0.05, 0.1) is 11.7 Å². The van der Waals surface area contributed by atoms with Gasteiger partial charge in [-0.25, -0.2) is 9.97 Å². The van der Waals surface area contributed by atoms with Crippen LogP contribution in [0.25, 0.3) is 10.2 Å². The molecule has 0 spiro atoms. The quantitative estimate of drug-likeness (QED) is 0.545. The van der Waals surface area contributed by atoms with Crippen molar-refractivity contribution >= 4 is 21.6 Å². The Labute approximate surface area is 154 Å². The van der Waals surface area contributed by atoms with Crippen LogP contribution in [0.15, 0.2) is 53.8 Å². The van der Waals surface area contributed by atoms with E-state index >= 15 is 0 Å². The van der Waals surface area contributed by atoms with E-state index in [9.17, 15) is 4.79 Å². The lowest BCUT2D eigenvalue weighted by Gasteiger charge is -2.08. The normalized spacial score (nSPS) is 12.5. The fraction of sp³-hybridized carbons (Fsp3) is 0.263. The molecule has 26 heavy (non-hydrogen) atoms. The predicted molar refractivity (Wildman–Crippen MR) is 103 cm³/mol. The molecule has 3 aromatic heterocycles. The summed E-state index contributed by atoms with van der Waals surface area (Å²) in [5.74, 6) is 1.09. The molecule has 0 bridgehead atoms. The second-order valence-electron chi connectivity index (χ2n) is 6.29. The molecule has 132 valence electrons. The van der Waals surface area contributed by atoms with Gasteiger partial charge in [0, 0.05) is 30.8 Å². The topological polar surface area (TPSA) is 65.6 Å². The second-order valence-corrected chi connectivity index (χ2v) is 7.36. The van der Waals surface area contributed by atoms with E-state index in [0.29, 0.717) is 18.4 Å². The molecule has 0 aliphatic carbocycles. The molecule has 1 aromatic carbocycles. The Kier molecular flexibility index (Phi) is 4.38. The van der Waals surface area contributed by atoms with Crippen molar-refractivity contribution in [2.45, 2.75) is 25.8 Å². The van der Waals surface area contributed by atoms with Crippen molar-refractivity contribution in [3.63, 3.8) is 0 Å². The van der Waals surface area contributed by atoms with Gasteiger partial charge in [-0.1, -0.05) is 37.3 Å². The van der Waals surface area contributed by atoms with Gasteiger partial charge in [-0.3, -0.25) is 14.0 Å². The summed E-state index contributed by atoms with van der Waals surface area (Å²) >= 11 is 1.59. The van der Waals surface area contributed by atoms with Crippen LogP contribution >= 0.6 is 11.3 Å². The van der Waals surface area contributed by atoms with Crippen LogP contribution in [0.3, 0.4) is 0 Å². The molecular weight excluding hydrogens is 346 g/mol. The maximum Gasteiger partial charge on any atom is 0.262 e. The average Bonchev–Trinajstić information content (AvgIpc) is 3.28. The summed E-state index contributed by atoms with van der Waals surface area (Å²) < 4.78 is 3.38. The third-order valence-electron chi connectivity index (χ3n) is 4.64. The first kappa shape index (κ1) is 16.7. The molecule has 0 saturated carbocycles. The summed E-state index contributed by atoms with van der Waals surface area (Å²) in [4.78, 5) is 23.5. The van der Waals surface area contributed by atoms with Crippen molar-refractivity contribution in [3.8, 4) is 0 Å². The highest BCUT2D eigenvalue weighted by Crippen LogP contribution is 2.32. The zero-order chi connectivity index (χ0) is 18.1. The van der Waals surface area contributed by atoms with Crippen LogP contribution < -0.4 is 5.56 Å². The Morgan fingerprint density at radius 1 is 1.19 bits per heavy atom. The lowest BCUT2D eigenvalue weighted by atomic mass is 10.00. The second kappa shape index (κ2) is 6.84. The van der Waals surface area contributed by atoms with Gasteiger partial charge in [0.2, 0.25) is 0 Å². The van der Waals surface area contributed by atoms with E-state index in [1.807, 2.05) is 31.3 Å². The van der Waals surface area contributed by atoms with E-state index in [4.69, 9.17) is 0 Å². The van der Waals surface area contributed by atoms with Crippen LogP contribution in [0.5, 0.6) is 0 Å². The highest BCUT2D eigenvalue weighted by atomic mass is 32.1. The average molecular weight is 365 g/mol. The molecule has 0 aliphatic rings. The molecule has 0 N–H and O–H groups in total. The first-order valence-corrected chi connectivity index (χ1v) is 9.32. The highest BCUT2D eigenvalue weighted by Gasteiger charge is 2.15. The largest absolute Gasteiger partial charge is 0.298 e. The van der Waals surface area contributed by atoms with Gasteiger partial charge in [0.25, 0.3) is 5.56 Å². The minimum Gasteiger partial charge on any atom is -0.298 e. The van der Waals surface area contributed by atoms with Crippen molar-refractivity contribution < 1.29 is 0 Å². The fourth-order valence-corrected chi connectivity index (χ4v) is 4.09. The van der Waals surface area contributed by atoms with Gasteiger partial charge in [0.1, 0.15) is 17.0 Å². The Morgan fingerprint density at radius 3 is 2.73 bits per heavy atom. The molecule has 3 heterocycles. The van der Waals surface area contributed by atoms with Crippen molar-refractivity contribution in [2.75, 3.05) is 0 Å². The molecular formula is C19H19N5OS. The number of fused-ring (bicyclic) bond motifs is 1. The zero-order valence-corrected chi connectivity index (χ0v) is 15.5. The molecule has 6 nitrogen and oxygen atoms in total. The predicted octanol–water partition coefficient (Wildman–Crippen LogP) is 2.98. The molecule has 4 rings (SSSR count). The molecule has 1 atom stereocenters. The van der Waals surface area contributed by atoms with Gasteiger partial charge < -0.3 is 0 Å². The summed E-state index contributed by atoms with van der Waals surface area (Å²) in [5, 5.41) is 4.75. The van der Waals surface area contributed by atoms with E-state index in [1.165, 1.54) is 11.9 Å². The third-order valence-corrected chi connectivity index (χ3v) is 5.87. The molecule has 0 saturated heterocycles. The lowest BCUT2D eigenvalue weighted by Crippen LogP contribution is -2.21. The van der Waals surface area contributed by atoms with E-state index in [-0.39, 0.29) is 11.5 Å². The standard InChI is InChI=1S/C19H19N5OS/c1-13(14-6-4-3-5-7-14)16-10-15-18(26-16)21-12-24(19(15)25)9-8-17-20-11-22-23(17)2/h3-7,10-13H,8-9H2,1-2H3. The number of hydrogen-bond donors (Lipinski definition) is 0. The van der Waals surface area contributed by atoms with E-state index < -0.39 is 0 Å². The van der Waals surface area contributed by atoms with Gasteiger partial charge >= 0.3 is 0 Å². The van der Waals surface area contributed by atoms with E-state index in [0.717, 1.165) is 15.5 Å². The number of aromatic nitrogens is 5. The lowest BCUT2D eigenvalue weighted by molar-refractivity contribution is 0.609. The molecule has 0 aliphatic heterocycles. The zero-order valence-electron chi connectivity index (χ0n) is 14.7. The van der Waals surface area contributed by atoms with Crippen LogP contribution in [0, 0.1) is 0 Å². The number of benzene rings is 1. The summed E-state index contributed by atoms with van der Waals surface area (Å²) in [5.41, 5.74) is 1.24. The number of rotatable bonds is 5. The molecule has 0 fully saturated rings. The van der Waals surface area contributed by atoms with Crippen LogP contribution in [0.2, 0.25) is 0 Å². The first-order chi connectivity index (χ1) is 12.6. The number of aryl methyl sites for hydroxylation is 3. The Hall–Kier alpha value is -2.80. The van der Waals surface area contributed by atoms with E-state index in [2.05, 4.69) is 34.1 Å². The SMILES string of the molecule is CC(c1ccccc1)c1cc2c(=O)n(CCc3ncnn3C)cnc2s1. The monoisotopic (exact) mass is 365 g/mol. The van der Waals surface area contributed by atoms with Crippen molar-refractivity contribution in [2.24, 2.45) is 7.05 Å². The Morgan fingerprint density at radius 2 is 2.00 bits per heavy atom. The maximum atomic E-state index is 12.8. The van der Waals surface area contributed by atoms with Crippen molar-refractivity contribution in [1.29, 1.82) is 0 Å². The molecule has 0 radical (unpaired) electrons.